The van der Waals surface area contributed by atoms with Gasteiger partial charge in [-0.25, -0.2) is 9.37 Å². The third-order valence-corrected chi connectivity index (χ3v) is 5.18. The van der Waals surface area contributed by atoms with Gasteiger partial charge in [0.05, 0.1) is 17.6 Å². The molecule has 0 bridgehead atoms. The highest BCUT2D eigenvalue weighted by atomic mass is 19.4. The molecule has 0 aliphatic carbocycles. The van der Waals surface area contributed by atoms with Gasteiger partial charge in [0, 0.05) is 50.1 Å². The predicted molar refractivity (Wildman–Crippen MR) is 125 cm³/mol. The van der Waals surface area contributed by atoms with Gasteiger partial charge in [0.25, 0.3) is 5.91 Å². The van der Waals surface area contributed by atoms with E-state index in [4.69, 9.17) is 4.74 Å². The fraction of sp³-hybridized carbons (Fsp3) is 0.200. The van der Waals surface area contributed by atoms with Crippen LogP contribution in [0.4, 0.5) is 23.2 Å². The lowest BCUT2D eigenvalue weighted by Gasteiger charge is -2.14. The first kappa shape index (κ1) is 24.1. The molecule has 1 heterocycles. The van der Waals surface area contributed by atoms with Gasteiger partial charge in [-0.1, -0.05) is 6.07 Å². The lowest BCUT2D eigenvalue weighted by Crippen LogP contribution is -2.21. The number of anilines is 1. The molecule has 0 unspecified atom stereocenters. The number of halogens is 4. The third kappa shape index (κ3) is 5.71. The predicted octanol–water partition coefficient (Wildman–Crippen LogP) is 6.02. The van der Waals surface area contributed by atoms with Gasteiger partial charge in [-0.05, 0) is 36.4 Å². The number of alkyl halides is 3. The van der Waals surface area contributed by atoms with E-state index >= 15 is 0 Å². The van der Waals surface area contributed by atoms with Crippen LogP contribution in [0.2, 0.25) is 0 Å². The maximum Gasteiger partial charge on any atom is 0.390 e. The summed E-state index contributed by atoms with van der Waals surface area (Å²) in [5, 5.41) is 2.78. The molecule has 1 aromatic heterocycles. The first-order chi connectivity index (χ1) is 16.6. The second-order valence-electron chi connectivity index (χ2n) is 8.05. The molecule has 35 heavy (non-hydrogen) atoms. The summed E-state index contributed by atoms with van der Waals surface area (Å²) in [5.74, 6) is -0.0968. The molecule has 182 valence electrons. The van der Waals surface area contributed by atoms with Crippen molar-refractivity contribution in [1.29, 1.82) is 0 Å². The zero-order chi connectivity index (χ0) is 25.2. The second-order valence-corrected chi connectivity index (χ2v) is 8.05. The lowest BCUT2D eigenvalue weighted by atomic mass is 10.1. The molecule has 10 heteroatoms. The molecule has 0 radical (unpaired) electrons. The van der Waals surface area contributed by atoms with Gasteiger partial charge in [0.15, 0.2) is 0 Å². The van der Waals surface area contributed by atoms with Crippen molar-refractivity contribution in [3.05, 3.63) is 78.4 Å². The molecule has 3 aromatic carbocycles. The Labute approximate surface area is 198 Å². The van der Waals surface area contributed by atoms with Crippen molar-refractivity contribution in [3.8, 4) is 17.2 Å². The van der Waals surface area contributed by atoms with Gasteiger partial charge in [-0.15, -0.1) is 0 Å². The number of nitrogens with one attached hydrogen (secondary N) is 1. The Morgan fingerprint density at radius 2 is 1.80 bits per heavy atom. The maximum absolute atomic E-state index is 13.6. The Morgan fingerprint density at radius 3 is 2.46 bits per heavy atom. The standard InChI is InChI=1S/C25H22F4N4O2/c1-32(2)24(34)16-6-8-18(9-7-16)33-15-31-23-21(30-11-10-25(27,28)29)13-20(14-22(23)33)35-19-5-3-4-17(26)12-19/h3-9,12-15,30H,10-11H2,1-2H3. The highest BCUT2D eigenvalue weighted by Gasteiger charge is 2.26. The van der Waals surface area contributed by atoms with Crippen LogP contribution >= 0.6 is 0 Å². The van der Waals surface area contributed by atoms with E-state index in [2.05, 4.69) is 10.3 Å². The topological polar surface area (TPSA) is 59.4 Å². The number of rotatable bonds is 7. The van der Waals surface area contributed by atoms with Crippen molar-refractivity contribution in [2.24, 2.45) is 0 Å². The number of hydrogen-bond donors (Lipinski definition) is 1. The van der Waals surface area contributed by atoms with E-state index in [0.29, 0.717) is 33.7 Å². The molecule has 0 atom stereocenters. The van der Waals surface area contributed by atoms with Crippen LogP contribution in [0.1, 0.15) is 16.8 Å². The third-order valence-electron chi connectivity index (χ3n) is 5.18. The van der Waals surface area contributed by atoms with Gasteiger partial charge in [0.2, 0.25) is 0 Å². The highest BCUT2D eigenvalue weighted by Crippen LogP contribution is 2.33. The summed E-state index contributed by atoms with van der Waals surface area (Å²) in [7, 11) is 3.32. The van der Waals surface area contributed by atoms with E-state index in [-0.39, 0.29) is 18.2 Å². The Balaban J connectivity index is 1.73. The maximum atomic E-state index is 13.6. The van der Waals surface area contributed by atoms with Gasteiger partial charge in [0.1, 0.15) is 29.2 Å². The fourth-order valence-electron chi connectivity index (χ4n) is 3.52. The molecule has 0 spiro atoms. The van der Waals surface area contributed by atoms with Crippen LogP contribution in [-0.4, -0.2) is 47.2 Å². The minimum absolute atomic E-state index is 0.144. The first-order valence-electron chi connectivity index (χ1n) is 10.7. The Morgan fingerprint density at radius 1 is 1.06 bits per heavy atom. The molecule has 0 fully saturated rings. The molecule has 1 N–H and O–H groups in total. The number of benzene rings is 3. The van der Waals surface area contributed by atoms with Crippen molar-refractivity contribution >= 4 is 22.6 Å². The van der Waals surface area contributed by atoms with Crippen LogP contribution in [0.5, 0.6) is 11.5 Å². The summed E-state index contributed by atoms with van der Waals surface area (Å²) in [6, 6.07) is 15.6. The second kappa shape index (κ2) is 9.65. The van der Waals surface area contributed by atoms with Crippen LogP contribution < -0.4 is 10.1 Å². The zero-order valence-corrected chi connectivity index (χ0v) is 18.9. The van der Waals surface area contributed by atoms with Crippen LogP contribution in [0.3, 0.4) is 0 Å². The van der Waals surface area contributed by atoms with E-state index in [9.17, 15) is 22.4 Å². The average Bonchev–Trinajstić information content (AvgIpc) is 3.22. The summed E-state index contributed by atoms with van der Waals surface area (Å²) >= 11 is 0. The number of carbonyl (C=O) groups is 1. The van der Waals surface area contributed by atoms with Crippen LogP contribution in [0.15, 0.2) is 67.0 Å². The van der Waals surface area contributed by atoms with Crippen molar-refractivity contribution in [2.45, 2.75) is 12.6 Å². The number of carbonyl (C=O) groups excluding carboxylic acids is 1. The summed E-state index contributed by atoms with van der Waals surface area (Å²) in [6.45, 7) is -0.351. The minimum atomic E-state index is -4.31. The van der Waals surface area contributed by atoms with Crippen LogP contribution in [0.25, 0.3) is 16.7 Å². The molecule has 6 nitrogen and oxygen atoms in total. The first-order valence-corrected chi connectivity index (χ1v) is 10.7. The van der Waals surface area contributed by atoms with E-state index < -0.39 is 18.4 Å². The lowest BCUT2D eigenvalue weighted by molar-refractivity contribution is -0.131. The molecule has 0 saturated heterocycles. The van der Waals surface area contributed by atoms with Crippen LogP contribution in [0, 0.1) is 5.82 Å². The van der Waals surface area contributed by atoms with Crippen molar-refractivity contribution in [2.75, 3.05) is 26.0 Å². The van der Waals surface area contributed by atoms with E-state index in [1.165, 1.54) is 35.5 Å². The molecule has 1 amide bonds. The Hall–Kier alpha value is -4.08. The van der Waals surface area contributed by atoms with E-state index in [1.54, 1.807) is 55.1 Å². The van der Waals surface area contributed by atoms with E-state index in [0.717, 1.165) is 0 Å². The zero-order valence-electron chi connectivity index (χ0n) is 18.9. The van der Waals surface area contributed by atoms with Crippen molar-refractivity contribution in [3.63, 3.8) is 0 Å². The molecule has 0 saturated carbocycles. The monoisotopic (exact) mass is 486 g/mol. The molecule has 4 rings (SSSR count). The quantitative estimate of drug-likeness (QED) is 0.325. The molecular formula is C25H22F4N4O2. The summed E-state index contributed by atoms with van der Waals surface area (Å²) in [5.41, 5.74) is 2.53. The molecular weight excluding hydrogens is 464 g/mol. The average molecular weight is 486 g/mol. The Kier molecular flexibility index (Phi) is 6.63. The van der Waals surface area contributed by atoms with Gasteiger partial charge < -0.3 is 15.0 Å². The van der Waals surface area contributed by atoms with Crippen LogP contribution in [-0.2, 0) is 0 Å². The number of nitrogens with zero attached hydrogens (tertiary/aromatic N) is 3. The number of hydrogen-bond acceptors (Lipinski definition) is 4. The largest absolute Gasteiger partial charge is 0.457 e. The normalized spacial score (nSPS) is 11.5. The summed E-state index contributed by atoms with van der Waals surface area (Å²) < 4.78 is 59.2. The van der Waals surface area contributed by atoms with Crippen molar-refractivity contribution < 1.29 is 27.1 Å². The number of aromatic nitrogens is 2. The molecule has 4 aromatic rings. The number of fused-ring (bicyclic) bond motifs is 1. The smallest absolute Gasteiger partial charge is 0.390 e. The number of imidazole rings is 1. The fourth-order valence-corrected chi connectivity index (χ4v) is 3.52. The van der Waals surface area contributed by atoms with Crippen molar-refractivity contribution in [1.82, 2.24) is 14.5 Å². The number of ether oxygens (including phenoxy) is 1. The van der Waals surface area contributed by atoms with Gasteiger partial charge >= 0.3 is 6.18 Å². The number of amides is 1. The van der Waals surface area contributed by atoms with Gasteiger partial charge in [-0.3, -0.25) is 9.36 Å². The molecule has 0 aliphatic rings. The Bertz CT molecular complexity index is 1350. The SMILES string of the molecule is CN(C)C(=O)c1ccc(-n2cnc3c(NCCC(F)(F)F)cc(Oc4cccc(F)c4)cc32)cc1. The van der Waals surface area contributed by atoms with E-state index in [1.807, 2.05) is 0 Å². The summed E-state index contributed by atoms with van der Waals surface area (Å²) in [4.78, 5) is 18.0. The highest BCUT2D eigenvalue weighted by molar-refractivity contribution is 5.94. The minimum Gasteiger partial charge on any atom is -0.457 e. The van der Waals surface area contributed by atoms with Gasteiger partial charge in [-0.2, -0.15) is 13.2 Å². The summed E-state index contributed by atoms with van der Waals surface area (Å²) in [6.07, 6.45) is -3.80. The molecule has 0 aliphatic heterocycles.